The van der Waals surface area contributed by atoms with Crippen LogP contribution in [0.5, 0.6) is 0 Å². The number of sulfone groups is 1. The Morgan fingerprint density at radius 2 is 2.00 bits per heavy atom. The Labute approximate surface area is 113 Å². The van der Waals surface area contributed by atoms with Crippen LogP contribution in [-0.2, 0) is 15.6 Å². The van der Waals surface area contributed by atoms with Crippen molar-refractivity contribution in [2.24, 2.45) is 0 Å². The zero-order valence-corrected chi connectivity index (χ0v) is 12.2. The minimum Gasteiger partial charge on any atom is -0.341 e. The highest BCUT2D eigenvalue weighted by Crippen LogP contribution is 2.27. The number of rotatable bonds is 4. The molecule has 0 aliphatic heterocycles. The van der Waals surface area contributed by atoms with Gasteiger partial charge in [0.2, 0.25) is 0 Å². The normalized spacial score (nSPS) is 12.5. The van der Waals surface area contributed by atoms with Crippen LogP contribution in [0.3, 0.4) is 0 Å². The first-order valence-electron chi connectivity index (χ1n) is 6.34. The number of fused-ring (bicyclic) bond motifs is 1. The van der Waals surface area contributed by atoms with Crippen molar-refractivity contribution < 1.29 is 12.8 Å². The topological polar surface area (TPSA) is 39.1 Å². The molecule has 1 heterocycles. The van der Waals surface area contributed by atoms with Gasteiger partial charge in [-0.05, 0) is 32.0 Å². The van der Waals surface area contributed by atoms with E-state index in [0.29, 0.717) is 11.1 Å². The van der Waals surface area contributed by atoms with E-state index in [1.54, 1.807) is 19.1 Å². The maximum atomic E-state index is 13.8. The predicted molar refractivity (Wildman–Crippen MR) is 75.4 cm³/mol. The number of hydrogen-bond acceptors (Lipinski definition) is 2. The zero-order valence-electron chi connectivity index (χ0n) is 11.4. The zero-order chi connectivity index (χ0) is 14.2. The van der Waals surface area contributed by atoms with Gasteiger partial charge < -0.3 is 4.57 Å². The molecule has 19 heavy (non-hydrogen) atoms. The Balaban J connectivity index is 2.67. The van der Waals surface area contributed by atoms with E-state index >= 15 is 0 Å². The van der Waals surface area contributed by atoms with Crippen LogP contribution in [-0.4, -0.2) is 18.7 Å². The third-order valence-corrected chi connectivity index (χ3v) is 4.85. The molecule has 1 aromatic carbocycles. The first kappa shape index (κ1) is 14.1. The number of hydrogen-bond donors (Lipinski definition) is 0. The van der Waals surface area contributed by atoms with Crippen molar-refractivity contribution >= 4 is 20.7 Å². The van der Waals surface area contributed by atoms with E-state index in [1.165, 1.54) is 6.07 Å². The van der Waals surface area contributed by atoms with Crippen molar-refractivity contribution in [2.75, 3.05) is 5.75 Å². The summed E-state index contributed by atoms with van der Waals surface area (Å²) in [5.74, 6) is -0.266. The molecule has 2 aromatic rings. The minimum atomic E-state index is -3.13. The Morgan fingerprint density at radius 1 is 1.32 bits per heavy atom. The standard InChI is InChI=1S/C14H18FNO2S/c1-4-19(17,18)9-11-8-12-13(15)6-5-7-14(12)16(11)10(2)3/h5-8,10H,4,9H2,1-3H3. The van der Waals surface area contributed by atoms with Gasteiger partial charge in [-0.1, -0.05) is 13.0 Å². The minimum absolute atomic E-state index is 0.0458. The summed E-state index contributed by atoms with van der Waals surface area (Å²) in [4.78, 5) is 0. The molecular weight excluding hydrogens is 265 g/mol. The van der Waals surface area contributed by atoms with Crippen molar-refractivity contribution in [2.45, 2.75) is 32.6 Å². The van der Waals surface area contributed by atoms with Gasteiger partial charge in [0, 0.05) is 22.9 Å². The summed E-state index contributed by atoms with van der Waals surface area (Å²) in [6.07, 6.45) is 0. The van der Waals surface area contributed by atoms with Gasteiger partial charge in [0.1, 0.15) is 5.82 Å². The maximum Gasteiger partial charge on any atom is 0.155 e. The lowest BCUT2D eigenvalue weighted by Gasteiger charge is -2.14. The van der Waals surface area contributed by atoms with Gasteiger partial charge in [-0.3, -0.25) is 0 Å². The van der Waals surface area contributed by atoms with E-state index in [2.05, 4.69) is 0 Å². The van der Waals surface area contributed by atoms with Crippen LogP contribution < -0.4 is 0 Å². The Kier molecular flexibility index (Phi) is 3.67. The molecule has 0 saturated heterocycles. The second-order valence-corrected chi connectivity index (χ2v) is 7.30. The van der Waals surface area contributed by atoms with Crippen molar-refractivity contribution in [3.63, 3.8) is 0 Å². The van der Waals surface area contributed by atoms with Crippen LogP contribution in [0, 0.1) is 5.82 Å². The van der Waals surface area contributed by atoms with Gasteiger partial charge in [0.05, 0.1) is 11.3 Å². The molecule has 2 rings (SSSR count). The molecule has 0 unspecified atom stereocenters. The number of benzene rings is 1. The highest BCUT2D eigenvalue weighted by molar-refractivity contribution is 7.90. The summed E-state index contributed by atoms with van der Waals surface area (Å²) in [6, 6.07) is 6.60. The van der Waals surface area contributed by atoms with Crippen LogP contribution in [0.2, 0.25) is 0 Å². The monoisotopic (exact) mass is 283 g/mol. The number of aromatic nitrogens is 1. The summed E-state index contributed by atoms with van der Waals surface area (Å²) in [5, 5.41) is 0.484. The van der Waals surface area contributed by atoms with Gasteiger partial charge in [0.25, 0.3) is 0 Å². The van der Waals surface area contributed by atoms with Crippen LogP contribution in [0.15, 0.2) is 24.3 Å². The van der Waals surface area contributed by atoms with E-state index in [9.17, 15) is 12.8 Å². The average Bonchev–Trinajstić information content (AvgIpc) is 2.68. The van der Waals surface area contributed by atoms with Crippen LogP contribution in [0.25, 0.3) is 10.9 Å². The molecule has 104 valence electrons. The molecule has 0 fully saturated rings. The maximum absolute atomic E-state index is 13.8. The average molecular weight is 283 g/mol. The molecule has 0 aliphatic rings. The molecule has 0 radical (unpaired) electrons. The first-order chi connectivity index (χ1) is 8.85. The second-order valence-electron chi connectivity index (χ2n) is 4.95. The van der Waals surface area contributed by atoms with Crippen LogP contribution in [0.1, 0.15) is 32.5 Å². The van der Waals surface area contributed by atoms with Crippen molar-refractivity contribution in [3.05, 3.63) is 35.8 Å². The van der Waals surface area contributed by atoms with Crippen molar-refractivity contribution in [1.29, 1.82) is 0 Å². The Morgan fingerprint density at radius 3 is 2.58 bits per heavy atom. The van der Waals surface area contributed by atoms with Gasteiger partial charge in [-0.15, -0.1) is 0 Å². The molecule has 0 spiro atoms. The fraction of sp³-hybridized carbons (Fsp3) is 0.429. The highest BCUT2D eigenvalue weighted by Gasteiger charge is 2.18. The van der Waals surface area contributed by atoms with E-state index in [4.69, 9.17) is 0 Å². The predicted octanol–water partition coefficient (Wildman–Crippen LogP) is 3.30. The number of halogens is 1. The molecule has 0 amide bonds. The lowest BCUT2D eigenvalue weighted by molar-refractivity contribution is 0.581. The molecule has 5 heteroatoms. The third-order valence-electron chi connectivity index (χ3n) is 3.23. The van der Waals surface area contributed by atoms with Crippen molar-refractivity contribution in [1.82, 2.24) is 4.57 Å². The molecule has 3 nitrogen and oxygen atoms in total. The Hall–Kier alpha value is -1.36. The molecule has 0 atom stereocenters. The largest absolute Gasteiger partial charge is 0.341 e. The lowest BCUT2D eigenvalue weighted by Crippen LogP contribution is -2.12. The summed E-state index contributed by atoms with van der Waals surface area (Å²) < 4.78 is 39.3. The van der Waals surface area contributed by atoms with Gasteiger partial charge in [0.15, 0.2) is 9.84 Å². The van der Waals surface area contributed by atoms with Crippen molar-refractivity contribution in [3.8, 4) is 0 Å². The van der Waals surface area contributed by atoms with Gasteiger partial charge in [-0.25, -0.2) is 12.8 Å². The summed E-state index contributed by atoms with van der Waals surface area (Å²) in [6.45, 7) is 5.55. The Bertz CT molecular complexity index is 702. The first-order valence-corrected chi connectivity index (χ1v) is 8.16. The lowest BCUT2D eigenvalue weighted by atomic mass is 10.2. The molecule has 1 aromatic heterocycles. The summed E-state index contributed by atoms with van der Waals surface area (Å²) in [7, 11) is -3.13. The highest BCUT2D eigenvalue weighted by atomic mass is 32.2. The molecule has 0 bridgehead atoms. The molecule has 0 aliphatic carbocycles. The van der Waals surface area contributed by atoms with E-state index in [1.807, 2.05) is 24.5 Å². The fourth-order valence-electron chi connectivity index (χ4n) is 2.32. The van der Waals surface area contributed by atoms with E-state index in [0.717, 1.165) is 5.52 Å². The molecular formula is C14H18FNO2S. The van der Waals surface area contributed by atoms with Gasteiger partial charge in [-0.2, -0.15) is 0 Å². The smallest absolute Gasteiger partial charge is 0.155 e. The number of nitrogens with zero attached hydrogens (tertiary/aromatic N) is 1. The fourth-order valence-corrected chi connectivity index (χ4v) is 3.20. The van der Waals surface area contributed by atoms with Crippen LogP contribution >= 0.6 is 0 Å². The van der Waals surface area contributed by atoms with Crippen LogP contribution in [0.4, 0.5) is 4.39 Å². The summed E-state index contributed by atoms with van der Waals surface area (Å²) in [5.41, 5.74) is 1.40. The molecule has 0 N–H and O–H groups in total. The van der Waals surface area contributed by atoms with E-state index < -0.39 is 9.84 Å². The third kappa shape index (κ3) is 2.66. The van der Waals surface area contributed by atoms with E-state index in [-0.39, 0.29) is 23.4 Å². The SMILES string of the molecule is CCS(=O)(=O)Cc1cc2c(F)cccc2n1C(C)C. The quantitative estimate of drug-likeness (QED) is 0.863. The summed E-state index contributed by atoms with van der Waals surface area (Å²) >= 11 is 0. The second kappa shape index (κ2) is 4.96. The molecule has 0 saturated carbocycles. The van der Waals surface area contributed by atoms with Gasteiger partial charge >= 0.3 is 0 Å².